The van der Waals surface area contributed by atoms with Crippen LogP contribution in [0.1, 0.15) is 77.0 Å². The summed E-state index contributed by atoms with van der Waals surface area (Å²) in [6.45, 7) is 18.7. The standard InChI is InChI=1S/C60H122N6O14/c1-61(19-7-8-20-61)33-53(67)39-75-47-59(48-76-40-54(68)34-62(2)21-9-10-22-62,49-77-41-55(69)35-63(3)23-11-12-24-63)45-73-31-32-74-46-60(50-78-42-56(70)36-64(4)25-13-14-26-64,51-79-43-57(71)37-65(5)27-15-16-28-65)52-80-44-58(72)38-66(6)29-17-18-30-66/h53-58,67-72H,7-52H2,1-6H3/q+6. The van der Waals surface area contributed by atoms with Gasteiger partial charge in [0, 0.05) is 77.0 Å². The van der Waals surface area contributed by atoms with Crippen LogP contribution in [0.25, 0.3) is 0 Å². The Morgan fingerprint density at radius 1 is 0.250 bits per heavy atom. The summed E-state index contributed by atoms with van der Waals surface area (Å²) in [5.74, 6) is 0. The molecule has 6 unspecified atom stereocenters. The number of ether oxygens (including phenoxy) is 8. The van der Waals surface area contributed by atoms with E-state index in [4.69, 9.17) is 37.9 Å². The van der Waals surface area contributed by atoms with Crippen molar-refractivity contribution in [3.63, 3.8) is 0 Å². The second kappa shape index (κ2) is 32.8. The normalized spacial score (nSPS) is 25.8. The number of aliphatic hydroxyl groups excluding tert-OH is 6. The molecule has 6 heterocycles. The van der Waals surface area contributed by atoms with Crippen LogP contribution < -0.4 is 0 Å². The summed E-state index contributed by atoms with van der Waals surface area (Å²) in [5.41, 5.74) is -1.72. The minimum Gasteiger partial charge on any atom is -0.385 e. The molecule has 0 aromatic heterocycles. The van der Waals surface area contributed by atoms with Gasteiger partial charge in [0.2, 0.25) is 0 Å². The fraction of sp³-hybridized carbons (Fsp3) is 1.00. The van der Waals surface area contributed by atoms with Gasteiger partial charge in [-0.2, -0.15) is 0 Å². The highest BCUT2D eigenvalue weighted by Gasteiger charge is 2.40. The Labute approximate surface area is 484 Å². The van der Waals surface area contributed by atoms with Crippen molar-refractivity contribution in [1.29, 1.82) is 0 Å². The van der Waals surface area contributed by atoms with E-state index < -0.39 is 47.5 Å². The van der Waals surface area contributed by atoms with Crippen LogP contribution in [-0.4, -0.2) is 360 Å². The molecule has 6 atom stereocenters. The second-order valence-corrected chi connectivity index (χ2v) is 28.9. The molecule has 6 N–H and O–H groups in total. The minimum atomic E-state index is -0.859. The molecule has 0 bridgehead atoms. The average Bonchev–Trinajstić information content (AvgIpc) is 4.28. The Balaban J connectivity index is 1.14. The van der Waals surface area contributed by atoms with Gasteiger partial charge in [-0.1, -0.05) is 0 Å². The molecule has 20 nitrogen and oxygen atoms in total. The quantitative estimate of drug-likeness (QED) is 0.0369. The number of hydrogen-bond acceptors (Lipinski definition) is 14. The van der Waals surface area contributed by atoms with Gasteiger partial charge in [-0.25, -0.2) is 0 Å². The first-order valence-electron chi connectivity index (χ1n) is 31.8. The van der Waals surface area contributed by atoms with Crippen LogP contribution in [0.4, 0.5) is 0 Å². The Morgan fingerprint density at radius 2 is 0.388 bits per heavy atom. The molecule has 0 aliphatic carbocycles. The molecule has 0 aromatic rings. The number of rotatable bonds is 43. The van der Waals surface area contributed by atoms with Crippen LogP contribution in [-0.2, 0) is 37.9 Å². The lowest BCUT2D eigenvalue weighted by Gasteiger charge is -2.36. The van der Waals surface area contributed by atoms with Gasteiger partial charge in [-0.05, 0) is 0 Å². The molecule has 6 fully saturated rings. The lowest BCUT2D eigenvalue weighted by atomic mass is 9.92. The van der Waals surface area contributed by atoms with Crippen LogP contribution >= 0.6 is 0 Å². The Bertz CT molecular complexity index is 1390. The molecular formula is C60H122N6O14+6. The highest BCUT2D eigenvalue weighted by molar-refractivity contribution is 4.83. The average molecular weight is 1150 g/mol. The third-order valence-electron chi connectivity index (χ3n) is 19.3. The molecule has 0 spiro atoms. The van der Waals surface area contributed by atoms with Crippen LogP contribution in [0.3, 0.4) is 0 Å². The molecule has 20 heteroatoms. The van der Waals surface area contributed by atoms with Gasteiger partial charge < -0.3 is 95.4 Å². The van der Waals surface area contributed by atoms with E-state index in [9.17, 15) is 30.6 Å². The van der Waals surface area contributed by atoms with E-state index in [1.807, 2.05) is 0 Å². The van der Waals surface area contributed by atoms with Gasteiger partial charge in [0.15, 0.2) is 0 Å². The van der Waals surface area contributed by atoms with Crippen molar-refractivity contribution < 1.29 is 95.4 Å². The summed E-state index contributed by atoms with van der Waals surface area (Å²) >= 11 is 0. The van der Waals surface area contributed by atoms with Gasteiger partial charge >= 0.3 is 0 Å². The number of quaternary nitrogens is 6. The lowest BCUT2D eigenvalue weighted by molar-refractivity contribution is -0.900. The second-order valence-electron chi connectivity index (χ2n) is 28.9. The first-order chi connectivity index (χ1) is 38.1. The summed E-state index contributed by atoms with van der Waals surface area (Å²) in [6.07, 6.45) is 9.93. The molecule has 0 saturated carbocycles. The van der Waals surface area contributed by atoms with Crippen LogP contribution in [0, 0.1) is 10.8 Å². The minimum absolute atomic E-state index is 0.143. The number of likely N-dealkylation sites (tertiary alicyclic amines) is 6. The van der Waals surface area contributed by atoms with E-state index in [2.05, 4.69) is 42.3 Å². The van der Waals surface area contributed by atoms with Gasteiger partial charge in [0.05, 0.1) is 237 Å². The van der Waals surface area contributed by atoms with Gasteiger partial charge in [0.1, 0.15) is 75.9 Å². The van der Waals surface area contributed by atoms with Crippen molar-refractivity contribution in [1.82, 2.24) is 0 Å². The van der Waals surface area contributed by atoms with E-state index in [0.29, 0.717) is 39.3 Å². The van der Waals surface area contributed by atoms with E-state index in [1.165, 1.54) is 0 Å². The smallest absolute Gasteiger partial charge is 0.126 e. The van der Waals surface area contributed by atoms with Crippen molar-refractivity contribution in [2.75, 3.05) is 266 Å². The zero-order valence-electron chi connectivity index (χ0n) is 51.6. The molecule has 6 aliphatic rings. The number of hydrogen-bond donors (Lipinski definition) is 6. The first kappa shape index (κ1) is 68.3. The van der Waals surface area contributed by atoms with Crippen molar-refractivity contribution >= 4 is 0 Å². The fourth-order valence-electron chi connectivity index (χ4n) is 14.7. The summed E-state index contributed by atoms with van der Waals surface area (Å²) in [6, 6.07) is 0. The monoisotopic (exact) mass is 1150 g/mol. The summed E-state index contributed by atoms with van der Waals surface area (Å²) in [7, 11) is 13.2. The molecular weight excluding hydrogens is 1030 g/mol. The maximum Gasteiger partial charge on any atom is 0.126 e. The SMILES string of the molecule is C[N+]1(CC(O)COCC(COCCOCC(COCC(O)C[N+]2(C)CCCC2)(COCC(O)C[N+]2(C)CCCC2)COCC(O)C[N+]2(C)CCCC2)(COCC(O)C[N+]2(C)CCCC2)COCC(O)C[N+]2(C)CCCC2)CCCC1. The summed E-state index contributed by atoms with van der Waals surface area (Å²) < 4.78 is 56.6. The molecule has 0 radical (unpaired) electrons. The molecule has 0 aromatic carbocycles. The maximum absolute atomic E-state index is 11.3. The van der Waals surface area contributed by atoms with Gasteiger partial charge in [0.25, 0.3) is 0 Å². The van der Waals surface area contributed by atoms with Crippen molar-refractivity contribution in [3.8, 4) is 0 Å². The zero-order chi connectivity index (χ0) is 57.6. The molecule has 6 saturated heterocycles. The predicted molar refractivity (Wildman–Crippen MR) is 308 cm³/mol. The maximum atomic E-state index is 11.3. The fourth-order valence-corrected chi connectivity index (χ4v) is 14.7. The van der Waals surface area contributed by atoms with E-state index >= 15 is 0 Å². The number of aliphatic hydroxyl groups is 6. The molecule has 6 aliphatic heterocycles. The van der Waals surface area contributed by atoms with Crippen LogP contribution in [0.5, 0.6) is 0 Å². The predicted octanol–water partition coefficient (Wildman–Crippen LogP) is 0.700. The van der Waals surface area contributed by atoms with E-state index in [-0.39, 0.29) is 106 Å². The molecule has 0 amide bonds. The zero-order valence-corrected chi connectivity index (χ0v) is 51.6. The molecule has 6 rings (SSSR count). The van der Waals surface area contributed by atoms with Crippen LogP contribution in [0.2, 0.25) is 0 Å². The largest absolute Gasteiger partial charge is 0.385 e. The Hall–Kier alpha value is -0.800. The number of nitrogens with zero attached hydrogens (tertiary/aromatic N) is 6. The van der Waals surface area contributed by atoms with Gasteiger partial charge in [-0.15, -0.1) is 0 Å². The summed E-state index contributed by atoms with van der Waals surface area (Å²) in [5, 5.41) is 67.7. The number of likely N-dealkylation sites (N-methyl/N-ethyl adjacent to an activating group) is 6. The highest BCUT2D eigenvalue weighted by atomic mass is 16.6. The Kier molecular flexibility index (Phi) is 28.0. The van der Waals surface area contributed by atoms with Gasteiger partial charge in [-0.3, -0.25) is 0 Å². The summed E-state index contributed by atoms with van der Waals surface area (Å²) in [4.78, 5) is 0. The highest BCUT2D eigenvalue weighted by Crippen LogP contribution is 2.27. The van der Waals surface area contributed by atoms with Crippen LogP contribution in [0.15, 0.2) is 0 Å². The van der Waals surface area contributed by atoms with Crippen molar-refractivity contribution in [3.05, 3.63) is 0 Å². The third kappa shape index (κ3) is 24.2. The van der Waals surface area contributed by atoms with Crippen molar-refractivity contribution in [2.45, 2.75) is 114 Å². The van der Waals surface area contributed by atoms with E-state index in [1.54, 1.807) is 0 Å². The molecule has 470 valence electrons. The molecule has 80 heavy (non-hydrogen) atoms. The lowest BCUT2D eigenvalue weighted by Crippen LogP contribution is -2.50. The van der Waals surface area contributed by atoms with Crippen molar-refractivity contribution in [2.24, 2.45) is 10.8 Å². The van der Waals surface area contributed by atoms with E-state index in [0.717, 1.165) is 182 Å². The third-order valence-corrected chi connectivity index (χ3v) is 19.3. The first-order valence-corrected chi connectivity index (χ1v) is 31.8. The Morgan fingerprint density at radius 3 is 0.537 bits per heavy atom. The topological polar surface area (TPSA) is 195 Å².